The highest BCUT2D eigenvalue weighted by Crippen LogP contribution is 2.27. The first kappa shape index (κ1) is 14.8. The van der Waals surface area contributed by atoms with Gasteiger partial charge in [-0.15, -0.1) is 0 Å². The number of ether oxygens (including phenoxy) is 1. The quantitative estimate of drug-likeness (QED) is 0.871. The van der Waals surface area contributed by atoms with Crippen LogP contribution in [-0.4, -0.2) is 23.2 Å². The molecule has 5 heteroatoms. The largest absolute Gasteiger partial charge is 0.444 e. The van der Waals surface area contributed by atoms with Gasteiger partial charge in [0.25, 0.3) is 0 Å². The number of carbonyl (C=O) groups excluding carboxylic acids is 1. The average molecular weight is 277 g/mol. The number of anilines is 1. The molecule has 2 rings (SSSR count). The fourth-order valence-corrected chi connectivity index (χ4v) is 2.30. The summed E-state index contributed by atoms with van der Waals surface area (Å²) in [7, 11) is 0. The Hall–Kier alpha value is -1.62. The van der Waals surface area contributed by atoms with Crippen LogP contribution in [0.3, 0.4) is 0 Å². The molecule has 1 aromatic rings. The van der Waals surface area contributed by atoms with Crippen LogP contribution in [0.25, 0.3) is 0 Å². The van der Waals surface area contributed by atoms with Crippen molar-refractivity contribution in [2.24, 2.45) is 0 Å². The SMILES string of the molecule is CC(C)(C)OC(=O)Nc1cccnc1[C@H]1CCCCN1. The molecule has 1 saturated heterocycles. The van der Waals surface area contributed by atoms with Crippen LogP contribution in [0.1, 0.15) is 51.8 Å². The second-order valence-electron chi connectivity index (χ2n) is 6.07. The topological polar surface area (TPSA) is 63.2 Å². The molecule has 0 aliphatic carbocycles. The van der Waals surface area contributed by atoms with E-state index in [1.165, 1.54) is 12.8 Å². The highest BCUT2D eigenvalue weighted by atomic mass is 16.6. The molecule has 0 radical (unpaired) electrons. The molecule has 1 atom stereocenters. The summed E-state index contributed by atoms with van der Waals surface area (Å²) in [4.78, 5) is 16.3. The molecular weight excluding hydrogens is 254 g/mol. The summed E-state index contributed by atoms with van der Waals surface area (Å²) in [6, 6.07) is 3.89. The number of hydrogen-bond donors (Lipinski definition) is 2. The van der Waals surface area contributed by atoms with Crippen molar-refractivity contribution in [3.8, 4) is 0 Å². The van der Waals surface area contributed by atoms with Gasteiger partial charge in [0.05, 0.1) is 17.4 Å². The Balaban J connectivity index is 2.09. The van der Waals surface area contributed by atoms with E-state index in [4.69, 9.17) is 4.74 Å². The van der Waals surface area contributed by atoms with E-state index in [1.807, 2.05) is 32.9 Å². The Morgan fingerprint density at radius 3 is 2.90 bits per heavy atom. The van der Waals surface area contributed by atoms with Gasteiger partial charge in [-0.2, -0.15) is 0 Å². The summed E-state index contributed by atoms with van der Waals surface area (Å²) in [6.07, 6.45) is 4.73. The van der Waals surface area contributed by atoms with Crippen LogP contribution in [0.4, 0.5) is 10.5 Å². The molecule has 0 saturated carbocycles. The molecule has 5 nitrogen and oxygen atoms in total. The van der Waals surface area contributed by atoms with Crippen molar-refractivity contribution in [1.82, 2.24) is 10.3 Å². The van der Waals surface area contributed by atoms with E-state index in [9.17, 15) is 4.79 Å². The molecule has 110 valence electrons. The minimum atomic E-state index is -0.504. The Morgan fingerprint density at radius 2 is 2.25 bits per heavy atom. The van der Waals surface area contributed by atoms with E-state index >= 15 is 0 Å². The average Bonchev–Trinajstić information content (AvgIpc) is 2.38. The highest BCUT2D eigenvalue weighted by molar-refractivity contribution is 5.85. The zero-order chi connectivity index (χ0) is 14.6. The third-order valence-electron chi connectivity index (χ3n) is 3.11. The summed E-state index contributed by atoms with van der Waals surface area (Å²) < 4.78 is 5.29. The molecule has 0 aromatic carbocycles. The van der Waals surface area contributed by atoms with Gasteiger partial charge in [-0.25, -0.2) is 4.79 Å². The van der Waals surface area contributed by atoms with Gasteiger partial charge in [-0.3, -0.25) is 10.3 Å². The van der Waals surface area contributed by atoms with E-state index < -0.39 is 11.7 Å². The normalized spacial score (nSPS) is 19.4. The van der Waals surface area contributed by atoms with E-state index in [0.29, 0.717) is 0 Å². The number of pyridine rings is 1. The number of carbonyl (C=O) groups is 1. The van der Waals surface area contributed by atoms with Gasteiger partial charge >= 0.3 is 6.09 Å². The van der Waals surface area contributed by atoms with Crippen molar-refractivity contribution in [2.45, 2.75) is 51.7 Å². The van der Waals surface area contributed by atoms with Crippen LogP contribution in [0.2, 0.25) is 0 Å². The molecule has 1 fully saturated rings. The molecule has 2 heterocycles. The van der Waals surface area contributed by atoms with Gasteiger partial charge in [0.2, 0.25) is 0 Å². The van der Waals surface area contributed by atoms with Crippen LogP contribution >= 0.6 is 0 Å². The number of hydrogen-bond acceptors (Lipinski definition) is 4. The van der Waals surface area contributed by atoms with Crippen molar-refractivity contribution in [3.05, 3.63) is 24.0 Å². The third-order valence-corrected chi connectivity index (χ3v) is 3.11. The predicted octanol–water partition coefficient (Wildman–Crippen LogP) is 3.24. The maximum atomic E-state index is 11.9. The van der Waals surface area contributed by atoms with Gasteiger partial charge in [-0.05, 0) is 52.3 Å². The first-order valence-electron chi connectivity index (χ1n) is 7.14. The molecule has 1 amide bonds. The maximum absolute atomic E-state index is 11.9. The van der Waals surface area contributed by atoms with Crippen molar-refractivity contribution in [2.75, 3.05) is 11.9 Å². The molecule has 20 heavy (non-hydrogen) atoms. The van der Waals surface area contributed by atoms with Crippen LogP contribution in [-0.2, 0) is 4.74 Å². The standard InChI is InChI=1S/C15H23N3O2/c1-15(2,3)20-14(19)18-12-8-6-10-17-13(12)11-7-4-5-9-16-11/h6,8,10-11,16H,4-5,7,9H2,1-3H3,(H,18,19)/t11-/m1/s1. The third kappa shape index (κ3) is 4.20. The maximum Gasteiger partial charge on any atom is 0.412 e. The van der Waals surface area contributed by atoms with E-state index in [2.05, 4.69) is 15.6 Å². The summed E-state index contributed by atoms with van der Waals surface area (Å²) in [5, 5.41) is 6.24. The first-order chi connectivity index (χ1) is 9.46. The molecule has 0 unspecified atom stereocenters. The molecule has 0 spiro atoms. The van der Waals surface area contributed by atoms with Crippen molar-refractivity contribution >= 4 is 11.8 Å². The fraction of sp³-hybridized carbons (Fsp3) is 0.600. The number of rotatable bonds is 2. The number of piperidine rings is 1. The lowest BCUT2D eigenvalue weighted by Gasteiger charge is -2.25. The van der Waals surface area contributed by atoms with Crippen LogP contribution in [0.5, 0.6) is 0 Å². The lowest BCUT2D eigenvalue weighted by Crippen LogP contribution is -2.30. The van der Waals surface area contributed by atoms with Crippen LogP contribution < -0.4 is 10.6 Å². The monoisotopic (exact) mass is 277 g/mol. The smallest absolute Gasteiger partial charge is 0.412 e. The first-order valence-corrected chi connectivity index (χ1v) is 7.14. The van der Waals surface area contributed by atoms with Gasteiger partial charge < -0.3 is 10.1 Å². The van der Waals surface area contributed by atoms with Gasteiger partial charge in [0.1, 0.15) is 5.60 Å². The molecule has 2 N–H and O–H groups in total. The number of amides is 1. The Kier molecular flexibility index (Phi) is 4.60. The highest BCUT2D eigenvalue weighted by Gasteiger charge is 2.22. The molecular formula is C15H23N3O2. The van der Waals surface area contributed by atoms with Gasteiger partial charge in [0, 0.05) is 6.20 Å². The van der Waals surface area contributed by atoms with Crippen molar-refractivity contribution < 1.29 is 9.53 Å². The fourth-order valence-electron chi connectivity index (χ4n) is 2.30. The van der Waals surface area contributed by atoms with Crippen LogP contribution in [0, 0.1) is 0 Å². The van der Waals surface area contributed by atoms with Gasteiger partial charge in [0.15, 0.2) is 0 Å². The predicted molar refractivity (Wildman–Crippen MR) is 78.7 cm³/mol. The van der Waals surface area contributed by atoms with Crippen molar-refractivity contribution in [1.29, 1.82) is 0 Å². The Morgan fingerprint density at radius 1 is 1.45 bits per heavy atom. The van der Waals surface area contributed by atoms with E-state index in [-0.39, 0.29) is 6.04 Å². The lowest BCUT2D eigenvalue weighted by atomic mass is 10.0. The molecule has 0 bridgehead atoms. The number of aromatic nitrogens is 1. The van der Waals surface area contributed by atoms with Crippen LogP contribution in [0.15, 0.2) is 18.3 Å². The summed E-state index contributed by atoms with van der Waals surface area (Å²) in [5.74, 6) is 0. The van der Waals surface area contributed by atoms with E-state index in [1.54, 1.807) is 6.20 Å². The minimum absolute atomic E-state index is 0.204. The zero-order valence-corrected chi connectivity index (χ0v) is 12.4. The second kappa shape index (κ2) is 6.22. The minimum Gasteiger partial charge on any atom is -0.444 e. The number of nitrogens with one attached hydrogen (secondary N) is 2. The zero-order valence-electron chi connectivity index (χ0n) is 12.4. The van der Waals surface area contributed by atoms with E-state index in [0.717, 1.165) is 24.3 Å². The molecule has 1 aliphatic heterocycles. The summed E-state index contributed by atoms with van der Waals surface area (Å²) in [6.45, 7) is 6.53. The molecule has 1 aliphatic rings. The summed E-state index contributed by atoms with van der Waals surface area (Å²) >= 11 is 0. The second-order valence-corrected chi connectivity index (χ2v) is 6.07. The lowest BCUT2D eigenvalue weighted by molar-refractivity contribution is 0.0635. The van der Waals surface area contributed by atoms with Gasteiger partial charge in [-0.1, -0.05) is 6.42 Å². The Labute approximate surface area is 120 Å². The number of nitrogens with zero attached hydrogens (tertiary/aromatic N) is 1. The molecule has 1 aromatic heterocycles. The summed E-state index contributed by atoms with van der Waals surface area (Å²) in [5.41, 5.74) is 1.11. The van der Waals surface area contributed by atoms with Crippen molar-refractivity contribution in [3.63, 3.8) is 0 Å². The Bertz CT molecular complexity index is 462.